The summed E-state index contributed by atoms with van der Waals surface area (Å²) in [6.07, 6.45) is 3.19. The number of carbonyl (C=O) groups excluding carboxylic acids is 1. The number of likely N-dealkylation sites (tertiary alicyclic amines) is 1. The zero-order chi connectivity index (χ0) is 27.8. The Morgan fingerprint density at radius 3 is 2.15 bits per heavy atom. The van der Waals surface area contributed by atoms with Gasteiger partial charge in [0, 0.05) is 30.6 Å². The molecule has 1 aromatic heterocycles. The number of benzene rings is 3. The number of nitrogens with one attached hydrogen (secondary N) is 1. The third kappa shape index (κ3) is 6.55. The molecule has 0 atom stereocenters. The van der Waals surface area contributed by atoms with Gasteiger partial charge in [-0.15, -0.1) is 0 Å². The Labute approximate surface area is 240 Å². The van der Waals surface area contributed by atoms with Crippen molar-refractivity contribution in [3.8, 4) is 5.88 Å². The predicted molar refractivity (Wildman–Crippen MR) is 157 cm³/mol. The van der Waals surface area contributed by atoms with E-state index in [1.165, 1.54) is 11.1 Å². The summed E-state index contributed by atoms with van der Waals surface area (Å²) in [7, 11) is 1.59. The van der Waals surface area contributed by atoms with E-state index in [4.69, 9.17) is 26.1 Å². The summed E-state index contributed by atoms with van der Waals surface area (Å²) in [6.45, 7) is 3.66. The molecule has 0 unspecified atom stereocenters. The lowest BCUT2D eigenvalue weighted by Gasteiger charge is -2.42. The molecule has 4 aromatic rings. The number of rotatable bonds is 10. The standard InChI is InChI=1S/C32H35ClN4O3/c1-39-21-18-34-31(38)40-30-29(35-24-37(30)22-25-12-14-28(33)15-13-25)23-36-19-16-32(17-20-36,26-8-4-2-5-9-26)27-10-6-3-7-11-27/h2-15,24H,16-23H2,1H3,(H,34,38). The Kier molecular flexibility index (Phi) is 9.16. The highest BCUT2D eigenvalue weighted by Gasteiger charge is 2.38. The van der Waals surface area contributed by atoms with E-state index in [-0.39, 0.29) is 5.41 Å². The number of aromatic nitrogens is 2. The Hall–Kier alpha value is -3.65. The average molecular weight is 559 g/mol. The molecule has 8 heteroatoms. The molecule has 1 fully saturated rings. The van der Waals surface area contributed by atoms with Crippen molar-refractivity contribution in [2.45, 2.75) is 31.3 Å². The van der Waals surface area contributed by atoms with Gasteiger partial charge in [-0.05, 0) is 54.8 Å². The Morgan fingerprint density at radius 2 is 1.55 bits per heavy atom. The number of imidazole rings is 1. The van der Waals surface area contributed by atoms with Crippen molar-refractivity contribution in [3.63, 3.8) is 0 Å². The third-order valence-corrected chi connectivity index (χ3v) is 7.88. The molecular weight excluding hydrogens is 524 g/mol. The molecule has 0 radical (unpaired) electrons. The zero-order valence-electron chi connectivity index (χ0n) is 22.8. The highest BCUT2D eigenvalue weighted by Crippen LogP contribution is 2.42. The molecule has 0 aliphatic carbocycles. The number of ether oxygens (including phenoxy) is 2. The molecule has 7 nitrogen and oxygen atoms in total. The van der Waals surface area contributed by atoms with Crippen molar-refractivity contribution in [2.75, 3.05) is 33.4 Å². The quantitative estimate of drug-likeness (QED) is 0.245. The van der Waals surface area contributed by atoms with E-state index >= 15 is 0 Å². The van der Waals surface area contributed by atoms with E-state index < -0.39 is 6.09 Å². The lowest BCUT2D eigenvalue weighted by atomic mass is 9.68. The van der Waals surface area contributed by atoms with Crippen molar-refractivity contribution >= 4 is 17.7 Å². The number of hydrogen-bond donors (Lipinski definition) is 1. The minimum absolute atomic E-state index is 0.0342. The van der Waals surface area contributed by atoms with Gasteiger partial charge >= 0.3 is 6.09 Å². The van der Waals surface area contributed by atoms with Gasteiger partial charge in [-0.25, -0.2) is 9.78 Å². The minimum Gasteiger partial charge on any atom is -0.391 e. The summed E-state index contributed by atoms with van der Waals surface area (Å²) in [4.78, 5) is 19.7. The zero-order valence-corrected chi connectivity index (χ0v) is 23.5. The second kappa shape index (κ2) is 13.1. The first-order chi connectivity index (χ1) is 19.6. The van der Waals surface area contributed by atoms with Gasteiger partial charge in [0.05, 0.1) is 19.5 Å². The molecule has 1 saturated heterocycles. The van der Waals surface area contributed by atoms with Crippen LogP contribution in [-0.2, 0) is 23.2 Å². The van der Waals surface area contributed by atoms with Gasteiger partial charge in [-0.1, -0.05) is 84.4 Å². The van der Waals surface area contributed by atoms with Crippen LogP contribution in [0.4, 0.5) is 4.79 Å². The molecule has 1 N–H and O–H groups in total. The highest BCUT2D eigenvalue weighted by atomic mass is 35.5. The predicted octanol–water partition coefficient (Wildman–Crippen LogP) is 5.90. The monoisotopic (exact) mass is 558 g/mol. The van der Waals surface area contributed by atoms with Crippen LogP contribution in [0.2, 0.25) is 5.02 Å². The fourth-order valence-corrected chi connectivity index (χ4v) is 5.61. The van der Waals surface area contributed by atoms with Gasteiger partial charge in [0.2, 0.25) is 5.88 Å². The maximum Gasteiger partial charge on any atom is 0.414 e. The van der Waals surface area contributed by atoms with Crippen molar-refractivity contribution in [1.29, 1.82) is 0 Å². The van der Waals surface area contributed by atoms with E-state index in [9.17, 15) is 4.79 Å². The molecular formula is C32H35ClN4O3. The van der Waals surface area contributed by atoms with Crippen LogP contribution in [0.15, 0.2) is 91.3 Å². The van der Waals surface area contributed by atoms with E-state index in [2.05, 4.69) is 70.9 Å². The Morgan fingerprint density at radius 1 is 0.925 bits per heavy atom. The first kappa shape index (κ1) is 27.9. The summed E-state index contributed by atoms with van der Waals surface area (Å²) in [5.74, 6) is 0.452. The summed E-state index contributed by atoms with van der Waals surface area (Å²) >= 11 is 6.07. The van der Waals surface area contributed by atoms with Crippen LogP contribution in [0.5, 0.6) is 5.88 Å². The summed E-state index contributed by atoms with van der Waals surface area (Å²) in [6, 6.07) is 29.3. The fraction of sp³-hybridized carbons (Fsp3) is 0.312. The molecule has 208 valence electrons. The molecule has 40 heavy (non-hydrogen) atoms. The summed E-state index contributed by atoms with van der Waals surface area (Å²) in [5.41, 5.74) is 4.44. The van der Waals surface area contributed by atoms with E-state index in [1.807, 2.05) is 28.8 Å². The smallest absolute Gasteiger partial charge is 0.391 e. The van der Waals surface area contributed by atoms with Crippen molar-refractivity contribution < 1.29 is 14.3 Å². The van der Waals surface area contributed by atoms with Gasteiger partial charge in [-0.3, -0.25) is 9.47 Å². The van der Waals surface area contributed by atoms with Crippen LogP contribution < -0.4 is 10.1 Å². The van der Waals surface area contributed by atoms with E-state index in [0.717, 1.165) is 37.2 Å². The maximum absolute atomic E-state index is 12.6. The van der Waals surface area contributed by atoms with E-state index in [1.54, 1.807) is 13.4 Å². The topological polar surface area (TPSA) is 68.6 Å². The lowest BCUT2D eigenvalue weighted by molar-refractivity contribution is 0.165. The second-order valence-corrected chi connectivity index (χ2v) is 10.6. The van der Waals surface area contributed by atoms with Crippen molar-refractivity contribution in [3.05, 3.63) is 119 Å². The molecule has 1 amide bonds. The molecule has 1 aliphatic heterocycles. The van der Waals surface area contributed by atoms with Crippen LogP contribution in [0.25, 0.3) is 0 Å². The molecule has 2 heterocycles. The molecule has 0 spiro atoms. The molecule has 0 bridgehead atoms. The van der Waals surface area contributed by atoms with Crippen LogP contribution in [-0.4, -0.2) is 53.9 Å². The normalized spacial score (nSPS) is 15.1. The maximum atomic E-state index is 12.6. The summed E-state index contributed by atoms with van der Waals surface area (Å²) in [5, 5.41) is 3.42. The minimum atomic E-state index is -0.526. The largest absolute Gasteiger partial charge is 0.414 e. The molecule has 1 aliphatic rings. The number of halogens is 1. The number of nitrogens with zero attached hydrogens (tertiary/aromatic N) is 3. The van der Waals surface area contributed by atoms with Crippen LogP contribution in [0.3, 0.4) is 0 Å². The molecule has 3 aromatic carbocycles. The summed E-state index contributed by atoms with van der Waals surface area (Å²) < 4.78 is 12.7. The van der Waals surface area contributed by atoms with Crippen molar-refractivity contribution in [1.82, 2.24) is 19.8 Å². The van der Waals surface area contributed by atoms with E-state index in [0.29, 0.717) is 37.1 Å². The Bertz CT molecular complexity index is 1330. The SMILES string of the molecule is COCCNC(=O)Oc1c(CN2CCC(c3ccccc3)(c3ccccc3)CC2)ncn1Cc1ccc(Cl)cc1. The third-order valence-electron chi connectivity index (χ3n) is 7.63. The highest BCUT2D eigenvalue weighted by molar-refractivity contribution is 6.30. The second-order valence-electron chi connectivity index (χ2n) is 10.2. The number of methoxy groups -OCH3 is 1. The first-order valence-corrected chi connectivity index (χ1v) is 14.0. The number of hydrogen-bond acceptors (Lipinski definition) is 5. The molecule has 5 rings (SSSR count). The van der Waals surface area contributed by atoms with Gasteiger partial charge in [0.1, 0.15) is 5.69 Å². The van der Waals surface area contributed by atoms with Crippen LogP contribution >= 0.6 is 11.6 Å². The van der Waals surface area contributed by atoms with Crippen LogP contribution in [0.1, 0.15) is 35.2 Å². The first-order valence-electron chi connectivity index (χ1n) is 13.6. The Balaban J connectivity index is 1.34. The van der Waals surface area contributed by atoms with Crippen LogP contribution in [0, 0.1) is 0 Å². The van der Waals surface area contributed by atoms with Gasteiger partial charge < -0.3 is 14.8 Å². The molecule has 0 saturated carbocycles. The van der Waals surface area contributed by atoms with Gasteiger partial charge in [0.15, 0.2) is 0 Å². The lowest BCUT2D eigenvalue weighted by Crippen LogP contribution is -2.43. The number of carbonyl (C=O) groups is 1. The number of amides is 1. The van der Waals surface area contributed by atoms with Gasteiger partial charge in [-0.2, -0.15) is 0 Å². The number of piperidine rings is 1. The van der Waals surface area contributed by atoms with Crippen molar-refractivity contribution in [2.24, 2.45) is 0 Å². The van der Waals surface area contributed by atoms with Gasteiger partial charge in [0.25, 0.3) is 0 Å². The fourth-order valence-electron chi connectivity index (χ4n) is 5.48. The average Bonchev–Trinajstić information content (AvgIpc) is 3.35.